The minimum Gasteiger partial charge on any atom is -0.378 e. The molecule has 0 spiro atoms. The van der Waals surface area contributed by atoms with E-state index in [9.17, 15) is 4.39 Å². The monoisotopic (exact) mass is 286 g/mol. The molecule has 1 saturated heterocycles. The summed E-state index contributed by atoms with van der Waals surface area (Å²) in [5.74, 6) is 5.22. The number of hydrogen-bond acceptors (Lipinski definition) is 3. The Hall–Kier alpha value is -0.680. The molecular formula is C14H20ClFN2O. The van der Waals surface area contributed by atoms with Gasteiger partial charge in [0.1, 0.15) is 5.82 Å². The minimum atomic E-state index is -0.312. The molecule has 0 radical (unpaired) electrons. The molecule has 1 aliphatic heterocycles. The summed E-state index contributed by atoms with van der Waals surface area (Å²) in [5.41, 5.74) is 3.12. The van der Waals surface area contributed by atoms with Crippen molar-refractivity contribution in [3.05, 3.63) is 34.6 Å². The van der Waals surface area contributed by atoms with Crippen molar-refractivity contribution in [3.8, 4) is 0 Å². The van der Waals surface area contributed by atoms with Crippen molar-refractivity contribution < 1.29 is 9.13 Å². The van der Waals surface area contributed by atoms with Crippen molar-refractivity contribution in [3.63, 3.8) is 0 Å². The molecule has 0 saturated carbocycles. The second-order valence-corrected chi connectivity index (χ2v) is 5.33. The van der Waals surface area contributed by atoms with Crippen molar-refractivity contribution in [2.45, 2.75) is 44.2 Å². The number of ether oxygens (including phenoxy) is 1. The van der Waals surface area contributed by atoms with E-state index in [0.717, 1.165) is 38.7 Å². The first-order valence-corrected chi connectivity index (χ1v) is 7.12. The molecule has 1 aromatic carbocycles. The molecule has 1 aromatic rings. The first-order valence-electron chi connectivity index (χ1n) is 6.74. The Morgan fingerprint density at radius 3 is 3.00 bits per heavy atom. The fourth-order valence-corrected chi connectivity index (χ4v) is 2.87. The molecule has 2 rings (SSSR count). The van der Waals surface area contributed by atoms with Crippen molar-refractivity contribution in [2.24, 2.45) is 5.84 Å². The molecule has 5 heteroatoms. The second-order valence-electron chi connectivity index (χ2n) is 4.92. The van der Waals surface area contributed by atoms with Crippen LogP contribution in [0.2, 0.25) is 5.02 Å². The third-order valence-electron chi connectivity index (χ3n) is 3.59. The normalized spacial score (nSPS) is 20.7. The fourth-order valence-electron chi connectivity index (χ4n) is 2.58. The Labute approximate surface area is 118 Å². The van der Waals surface area contributed by atoms with E-state index in [1.807, 2.05) is 0 Å². The summed E-state index contributed by atoms with van der Waals surface area (Å²) >= 11 is 6.05. The number of hydrogen-bond donors (Lipinski definition) is 2. The zero-order valence-electron chi connectivity index (χ0n) is 10.9. The average molecular weight is 287 g/mol. The predicted molar refractivity (Wildman–Crippen MR) is 74.3 cm³/mol. The minimum absolute atomic E-state index is 0.255. The van der Waals surface area contributed by atoms with Gasteiger partial charge in [0, 0.05) is 17.2 Å². The molecule has 1 heterocycles. The fraction of sp³-hybridized carbons (Fsp3) is 0.571. The van der Waals surface area contributed by atoms with E-state index >= 15 is 0 Å². The van der Waals surface area contributed by atoms with Gasteiger partial charge in [0.2, 0.25) is 0 Å². The third kappa shape index (κ3) is 3.89. The topological polar surface area (TPSA) is 47.3 Å². The Morgan fingerprint density at radius 1 is 1.53 bits per heavy atom. The quantitative estimate of drug-likeness (QED) is 0.623. The predicted octanol–water partition coefficient (Wildman–Crippen LogP) is 3.33. The highest BCUT2D eigenvalue weighted by molar-refractivity contribution is 6.31. The maximum Gasteiger partial charge on any atom is 0.129 e. The maximum atomic E-state index is 13.8. The van der Waals surface area contributed by atoms with Crippen LogP contribution in [-0.2, 0) is 4.74 Å². The highest BCUT2D eigenvalue weighted by Crippen LogP contribution is 2.29. The van der Waals surface area contributed by atoms with Gasteiger partial charge in [-0.1, -0.05) is 17.7 Å². The molecule has 3 N–H and O–H groups in total. The van der Waals surface area contributed by atoms with Crippen LogP contribution in [0.5, 0.6) is 0 Å². The molecular weight excluding hydrogens is 267 g/mol. The Morgan fingerprint density at radius 2 is 2.37 bits per heavy atom. The van der Waals surface area contributed by atoms with Gasteiger partial charge in [-0.25, -0.2) is 4.39 Å². The van der Waals surface area contributed by atoms with Gasteiger partial charge in [-0.05, 0) is 44.2 Å². The van der Waals surface area contributed by atoms with Gasteiger partial charge in [0.05, 0.1) is 12.1 Å². The summed E-state index contributed by atoms with van der Waals surface area (Å²) in [5, 5.41) is 0.417. The number of rotatable bonds is 6. The van der Waals surface area contributed by atoms with Crippen molar-refractivity contribution in [2.75, 3.05) is 6.61 Å². The number of halogens is 2. The van der Waals surface area contributed by atoms with Crippen LogP contribution >= 0.6 is 11.6 Å². The molecule has 0 bridgehead atoms. The van der Waals surface area contributed by atoms with Gasteiger partial charge in [-0.2, -0.15) is 0 Å². The largest absolute Gasteiger partial charge is 0.378 e. The molecule has 1 aliphatic rings. The highest BCUT2D eigenvalue weighted by Gasteiger charge is 2.20. The molecule has 0 aromatic heterocycles. The maximum absolute atomic E-state index is 13.8. The summed E-state index contributed by atoms with van der Waals surface area (Å²) in [7, 11) is 0. The van der Waals surface area contributed by atoms with Crippen molar-refractivity contribution in [1.82, 2.24) is 5.43 Å². The molecule has 0 aliphatic carbocycles. The number of nitrogens with two attached hydrogens (primary N) is 1. The zero-order valence-corrected chi connectivity index (χ0v) is 11.6. The van der Waals surface area contributed by atoms with Crippen molar-refractivity contribution >= 4 is 11.6 Å². The Balaban J connectivity index is 1.92. The average Bonchev–Trinajstić information content (AvgIpc) is 2.89. The molecule has 2 unspecified atom stereocenters. The lowest BCUT2D eigenvalue weighted by Gasteiger charge is -2.19. The smallest absolute Gasteiger partial charge is 0.129 e. The summed E-state index contributed by atoms with van der Waals surface area (Å²) in [6.07, 6.45) is 5.30. The van der Waals surface area contributed by atoms with E-state index in [1.165, 1.54) is 6.07 Å². The Kier molecular flexibility index (Phi) is 5.58. The van der Waals surface area contributed by atoms with E-state index in [1.54, 1.807) is 12.1 Å². The molecule has 19 heavy (non-hydrogen) atoms. The van der Waals surface area contributed by atoms with E-state index in [0.29, 0.717) is 16.7 Å². The van der Waals surface area contributed by atoms with E-state index < -0.39 is 0 Å². The zero-order chi connectivity index (χ0) is 13.7. The van der Waals surface area contributed by atoms with Gasteiger partial charge < -0.3 is 4.74 Å². The standard InChI is InChI=1S/C14H20ClFN2O/c15-11-6-2-7-12(16)14(11)13(18-17)8-1-4-10-5-3-9-19-10/h2,6-7,10,13,18H,1,3-5,8-9,17H2. The van der Waals surface area contributed by atoms with Crippen LogP contribution in [0.25, 0.3) is 0 Å². The van der Waals surface area contributed by atoms with Gasteiger partial charge in [-0.15, -0.1) is 0 Å². The first-order chi connectivity index (χ1) is 9.22. The van der Waals surface area contributed by atoms with Crippen LogP contribution in [-0.4, -0.2) is 12.7 Å². The number of hydrazine groups is 1. The summed E-state index contributed by atoms with van der Waals surface area (Å²) in [6, 6.07) is 4.44. The molecule has 0 amide bonds. The summed E-state index contributed by atoms with van der Waals surface area (Å²) in [4.78, 5) is 0. The number of nitrogens with one attached hydrogen (secondary N) is 1. The lowest BCUT2D eigenvalue weighted by Crippen LogP contribution is -2.29. The molecule has 1 fully saturated rings. The lowest BCUT2D eigenvalue weighted by molar-refractivity contribution is 0.101. The van der Waals surface area contributed by atoms with Gasteiger partial charge >= 0.3 is 0 Å². The first kappa shape index (κ1) is 14.7. The number of benzene rings is 1. The molecule has 106 valence electrons. The van der Waals surface area contributed by atoms with E-state index in [2.05, 4.69) is 5.43 Å². The highest BCUT2D eigenvalue weighted by atomic mass is 35.5. The van der Waals surface area contributed by atoms with Crippen molar-refractivity contribution in [1.29, 1.82) is 0 Å². The Bertz CT molecular complexity index is 390. The van der Waals surface area contributed by atoms with Gasteiger partial charge in [0.15, 0.2) is 0 Å². The lowest BCUT2D eigenvalue weighted by atomic mass is 9.99. The molecule has 2 atom stereocenters. The van der Waals surface area contributed by atoms with Crippen LogP contribution in [0.4, 0.5) is 4.39 Å². The van der Waals surface area contributed by atoms with E-state index in [-0.39, 0.29) is 11.9 Å². The van der Waals surface area contributed by atoms with Crippen LogP contribution in [0.15, 0.2) is 18.2 Å². The second kappa shape index (κ2) is 7.20. The van der Waals surface area contributed by atoms with E-state index in [4.69, 9.17) is 22.2 Å². The molecule has 3 nitrogen and oxygen atoms in total. The summed E-state index contributed by atoms with van der Waals surface area (Å²) in [6.45, 7) is 0.863. The van der Waals surface area contributed by atoms with Crippen LogP contribution in [0.3, 0.4) is 0 Å². The van der Waals surface area contributed by atoms with Crippen LogP contribution < -0.4 is 11.3 Å². The SMILES string of the molecule is NNC(CCCC1CCCO1)c1c(F)cccc1Cl. The van der Waals surface area contributed by atoms with Gasteiger partial charge in [0.25, 0.3) is 0 Å². The van der Waals surface area contributed by atoms with Gasteiger partial charge in [-0.3, -0.25) is 11.3 Å². The van der Waals surface area contributed by atoms with Crippen LogP contribution in [0.1, 0.15) is 43.7 Å². The third-order valence-corrected chi connectivity index (χ3v) is 3.92. The van der Waals surface area contributed by atoms with Crippen LogP contribution in [0, 0.1) is 5.82 Å². The summed E-state index contributed by atoms with van der Waals surface area (Å²) < 4.78 is 19.4.